The molecule has 3 nitrogen and oxygen atoms in total. The highest BCUT2D eigenvalue weighted by Crippen LogP contribution is 2.38. The molecule has 0 amide bonds. The number of hydrogen-bond acceptors (Lipinski definition) is 3. The van der Waals surface area contributed by atoms with Crippen molar-refractivity contribution in [3.05, 3.63) is 17.7 Å². The third-order valence-corrected chi connectivity index (χ3v) is 4.04. The first-order valence-corrected chi connectivity index (χ1v) is 9.21. The van der Waals surface area contributed by atoms with Gasteiger partial charge in [0.2, 0.25) is 0 Å². The molecule has 0 saturated carbocycles. The highest BCUT2D eigenvalue weighted by atomic mass is 16.3. The van der Waals surface area contributed by atoms with E-state index in [-0.39, 0.29) is 11.1 Å². The number of aryl methyl sites for hydroxylation is 1. The van der Waals surface area contributed by atoms with Crippen molar-refractivity contribution in [2.24, 2.45) is 11.8 Å². The second-order valence-corrected chi connectivity index (χ2v) is 9.42. The lowest BCUT2D eigenvalue weighted by molar-refractivity contribution is 0.418. The van der Waals surface area contributed by atoms with E-state index in [1.807, 2.05) is 12.1 Å². The smallest absolute Gasteiger partial charge is 0.162 e. The van der Waals surface area contributed by atoms with Crippen molar-refractivity contribution >= 4 is 11.4 Å². The Labute approximate surface area is 149 Å². The van der Waals surface area contributed by atoms with Gasteiger partial charge in [0.1, 0.15) is 0 Å². The van der Waals surface area contributed by atoms with E-state index in [0.29, 0.717) is 17.6 Å². The zero-order chi connectivity index (χ0) is 18.7. The lowest BCUT2D eigenvalue weighted by Crippen LogP contribution is -2.33. The van der Waals surface area contributed by atoms with E-state index in [9.17, 15) is 5.11 Å². The van der Waals surface area contributed by atoms with Crippen LogP contribution in [0.2, 0.25) is 0 Å². The van der Waals surface area contributed by atoms with Gasteiger partial charge in [-0.15, -0.1) is 0 Å². The Morgan fingerprint density at radius 3 is 1.46 bits per heavy atom. The number of benzene rings is 1. The van der Waals surface area contributed by atoms with Crippen molar-refractivity contribution in [3.63, 3.8) is 0 Å². The minimum atomic E-state index is -0.0653. The molecule has 138 valence electrons. The maximum absolute atomic E-state index is 10.8. The summed E-state index contributed by atoms with van der Waals surface area (Å²) in [5, 5.41) is 17.9. The molecule has 0 spiro atoms. The lowest BCUT2D eigenvalue weighted by atomic mass is 9.91. The summed E-state index contributed by atoms with van der Waals surface area (Å²) in [5.41, 5.74) is 2.62. The molecule has 0 aliphatic rings. The third-order valence-electron chi connectivity index (χ3n) is 4.04. The van der Waals surface area contributed by atoms with Gasteiger partial charge in [-0.3, -0.25) is 0 Å². The van der Waals surface area contributed by atoms with Crippen LogP contribution in [0, 0.1) is 18.8 Å². The molecule has 0 heterocycles. The minimum absolute atomic E-state index is 0.0653. The molecule has 1 rings (SSSR count). The van der Waals surface area contributed by atoms with Gasteiger partial charge in [-0.2, -0.15) is 0 Å². The first kappa shape index (κ1) is 20.7. The second kappa shape index (κ2) is 7.67. The van der Waals surface area contributed by atoms with Gasteiger partial charge in [0.05, 0.1) is 11.4 Å². The predicted octanol–water partition coefficient (Wildman–Crippen LogP) is 6.17. The van der Waals surface area contributed by atoms with E-state index in [2.05, 4.69) is 72.9 Å². The Morgan fingerprint density at radius 2 is 1.17 bits per heavy atom. The molecule has 1 aromatic carbocycles. The highest BCUT2D eigenvalue weighted by molar-refractivity contribution is 5.73. The van der Waals surface area contributed by atoms with E-state index >= 15 is 0 Å². The number of nitrogens with one attached hydrogen (secondary N) is 2. The molecule has 0 atom stereocenters. The Bertz CT molecular complexity index is 500. The largest absolute Gasteiger partial charge is 0.504 e. The van der Waals surface area contributed by atoms with Gasteiger partial charge in [-0.25, -0.2) is 0 Å². The van der Waals surface area contributed by atoms with Crippen molar-refractivity contribution in [2.75, 3.05) is 10.6 Å². The van der Waals surface area contributed by atoms with Gasteiger partial charge in [-0.05, 0) is 77.0 Å². The SMILES string of the molecule is Cc1cc(NC(C)(C)CC(C)C)c(O)c(NC(C)(C)CC(C)C)c1. The Balaban J connectivity index is 3.08. The van der Waals surface area contributed by atoms with Crippen molar-refractivity contribution in [1.82, 2.24) is 0 Å². The molecule has 0 saturated heterocycles. The average molecular weight is 335 g/mol. The first-order valence-electron chi connectivity index (χ1n) is 9.21. The van der Waals surface area contributed by atoms with Crippen LogP contribution in [0.3, 0.4) is 0 Å². The summed E-state index contributed by atoms with van der Waals surface area (Å²) < 4.78 is 0. The van der Waals surface area contributed by atoms with Gasteiger partial charge in [0, 0.05) is 11.1 Å². The minimum Gasteiger partial charge on any atom is -0.504 e. The van der Waals surface area contributed by atoms with E-state index in [1.54, 1.807) is 0 Å². The Kier molecular flexibility index (Phi) is 6.60. The van der Waals surface area contributed by atoms with E-state index in [0.717, 1.165) is 29.8 Å². The van der Waals surface area contributed by atoms with Gasteiger partial charge >= 0.3 is 0 Å². The summed E-state index contributed by atoms with van der Waals surface area (Å²) in [6.07, 6.45) is 2.09. The second-order valence-electron chi connectivity index (χ2n) is 9.42. The van der Waals surface area contributed by atoms with Crippen LogP contribution in [-0.2, 0) is 0 Å². The molecule has 24 heavy (non-hydrogen) atoms. The summed E-state index contributed by atoms with van der Waals surface area (Å²) in [6.45, 7) is 19.7. The van der Waals surface area contributed by atoms with Crippen LogP contribution >= 0.6 is 0 Å². The molecule has 0 unspecified atom stereocenters. The van der Waals surface area contributed by atoms with E-state index < -0.39 is 0 Å². The lowest BCUT2D eigenvalue weighted by Gasteiger charge is -2.32. The standard InChI is InChI=1S/C21H38N2O/c1-14(2)12-20(6,7)22-17-10-16(5)11-18(19(17)24)23-21(8,9)13-15(3)4/h10-11,14-15,22-24H,12-13H2,1-9H3. The van der Waals surface area contributed by atoms with Crippen LogP contribution in [-0.4, -0.2) is 16.2 Å². The zero-order valence-corrected chi connectivity index (χ0v) is 17.2. The predicted molar refractivity (Wildman–Crippen MR) is 107 cm³/mol. The van der Waals surface area contributed by atoms with Crippen LogP contribution in [0.15, 0.2) is 12.1 Å². The van der Waals surface area contributed by atoms with E-state index in [4.69, 9.17) is 0 Å². The number of hydrogen-bond donors (Lipinski definition) is 3. The molecular weight excluding hydrogens is 296 g/mol. The molecule has 0 bridgehead atoms. The first-order chi connectivity index (χ1) is 10.8. The molecule has 0 radical (unpaired) electrons. The van der Waals surface area contributed by atoms with Gasteiger partial charge < -0.3 is 15.7 Å². The number of aromatic hydroxyl groups is 1. The van der Waals surface area contributed by atoms with Crippen LogP contribution in [0.4, 0.5) is 11.4 Å². The van der Waals surface area contributed by atoms with Crippen molar-refractivity contribution in [3.8, 4) is 5.75 Å². The number of phenolic OH excluding ortho intramolecular Hbond substituents is 1. The molecular formula is C21H38N2O. The molecule has 3 N–H and O–H groups in total. The topological polar surface area (TPSA) is 44.3 Å². The van der Waals surface area contributed by atoms with Gasteiger partial charge in [0.25, 0.3) is 0 Å². The Morgan fingerprint density at radius 1 is 0.833 bits per heavy atom. The summed E-state index contributed by atoms with van der Waals surface area (Å²) in [6, 6.07) is 4.05. The normalized spacial score (nSPS) is 12.8. The quantitative estimate of drug-likeness (QED) is 0.498. The van der Waals surface area contributed by atoms with Crippen LogP contribution in [0.1, 0.15) is 73.8 Å². The van der Waals surface area contributed by atoms with Crippen LogP contribution in [0.25, 0.3) is 0 Å². The molecule has 0 aliphatic heterocycles. The maximum Gasteiger partial charge on any atom is 0.162 e. The van der Waals surface area contributed by atoms with Crippen LogP contribution in [0.5, 0.6) is 5.75 Å². The molecule has 3 heteroatoms. The fourth-order valence-electron chi connectivity index (χ4n) is 3.84. The van der Waals surface area contributed by atoms with Crippen molar-refractivity contribution in [1.29, 1.82) is 0 Å². The van der Waals surface area contributed by atoms with Crippen molar-refractivity contribution < 1.29 is 5.11 Å². The summed E-state index contributed by atoms with van der Waals surface area (Å²) in [4.78, 5) is 0. The summed E-state index contributed by atoms with van der Waals surface area (Å²) >= 11 is 0. The van der Waals surface area contributed by atoms with Crippen LogP contribution < -0.4 is 10.6 Å². The summed E-state index contributed by atoms with van der Waals surface area (Å²) in [5.74, 6) is 1.51. The average Bonchev–Trinajstić information content (AvgIpc) is 2.30. The number of rotatable bonds is 8. The third kappa shape index (κ3) is 6.62. The monoisotopic (exact) mass is 334 g/mol. The van der Waals surface area contributed by atoms with Crippen molar-refractivity contribution in [2.45, 2.75) is 86.2 Å². The van der Waals surface area contributed by atoms with Gasteiger partial charge in [-0.1, -0.05) is 27.7 Å². The Hall–Kier alpha value is -1.38. The molecule has 0 aliphatic carbocycles. The number of anilines is 2. The van der Waals surface area contributed by atoms with E-state index in [1.165, 1.54) is 0 Å². The fourth-order valence-corrected chi connectivity index (χ4v) is 3.84. The van der Waals surface area contributed by atoms with Gasteiger partial charge in [0.15, 0.2) is 5.75 Å². The maximum atomic E-state index is 10.8. The zero-order valence-electron chi connectivity index (χ0n) is 17.2. The number of phenols is 1. The fraction of sp³-hybridized carbons (Fsp3) is 0.714. The molecule has 0 aromatic heterocycles. The summed E-state index contributed by atoms with van der Waals surface area (Å²) in [7, 11) is 0. The highest BCUT2D eigenvalue weighted by Gasteiger charge is 2.24. The molecule has 1 aromatic rings. The molecule has 0 fully saturated rings.